The van der Waals surface area contributed by atoms with Crippen molar-refractivity contribution in [2.75, 3.05) is 6.54 Å². The topological polar surface area (TPSA) is 288 Å². The van der Waals surface area contributed by atoms with E-state index in [4.69, 9.17) is 28.7 Å². The van der Waals surface area contributed by atoms with Crippen LogP contribution in [0.5, 0.6) is 0 Å². The van der Waals surface area contributed by atoms with Crippen LogP contribution < -0.4 is 49.9 Å². The highest BCUT2D eigenvalue weighted by Crippen LogP contribution is 2.16. The van der Waals surface area contributed by atoms with Crippen molar-refractivity contribution in [3.63, 3.8) is 0 Å². The lowest BCUT2D eigenvalue weighted by Crippen LogP contribution is -2.59. The van der Waals surface area contributed by atoms with E-state index in [9.17, 15) is 28.4 Å². The Bertz CT molecular complexity index is 1950. The van der Waals surface area contributed by atoms with E-state index in [0.717, 1.165) is 18.2 Å². The van der Waals surface area contributed by atoms with E-state index >= 15 is 4.39 Å². The van der Waals surface area contributed by atoms with E-state index in [1.807, 2.05) is 13.8 Å². The molecular formula is C40H51F2N11O5. The molecule has 0 aliphatic rings. The summed E-state index contributed by atoms with van der Waals surface area (Å²) in [7, 11) is 0. The summed E-state index contributed by atoms with van der Waals surface area (Å²) in [4.78, 5) is 75.0. The van der Waals surface area contributed by atoms with E-state index in [-0.39, 0.29) is 50.1 Å². The van der Waals surface area contributed by atoms with E-state index in [1.165, 1.54) is 12.1 Å². The largest absolute Gasteiger partial charge is 0.370 e. The van der Waals surface area contributed by atoms with Crippen LogP contribution in [0.25, 0.3) is 6.08 Å². The van der Waals surface area contributed by atoms with Gasteiger partial charge in [0.25, 0.3) is 5.91 Å². The molecule has 5 amide bonds. The normalized spacial score (nSPS) is 13.2. The minimum atomic E-state index is -1.46. The number of amides is 5. The smallest absolute Gasteiger partial charge is 0.280 e. The maximum atomic E-state index is 15.2. The highest BCUT2D eigenvalue weighted by Gasteiger charge is 2.32. The van der Waals surface area contributed by atoms with Crippen molar-refractivity contribution >= 4 is 53.2 Å². The van der Waals surface area contributed by atoms with Crippen LogP contribution in [-0.2, 0) is 36.8 Å². The third-order valence-electron chi connectivity index (χ3n) is 8.50. The predicted octanol–water partition coefficient (Wildman–Crippen LogP) is 1.05. The molecule has 0 saturated heterocycles. The van der Waals surface area contributed by atoms with Gasteiger partial charge in [-0.05, 0) is 72.2 Å². The molecule has 0 spiro atoms. The van der Waals surface area contributed by atoms with Gasteiger partial charge in [-0.25, -0.2) is 13.8 Å². The number of hydrogen-bond acceptors (Lipinski definition) is 7. The lowest BCUT2D eigenvalue weighted by atomic mass is 9.99. The monoisotopic (exact) mass is 803 g/mol. The summed E-state index contributed by atoms with van der Waals surface area (Å²) in [6, 6.07) is 14.6. The van der Waals surface area contributed by atoms with Gasteiger partial charge in [0.2, 0.25) is 23.6 Å². The Morgan fingerprint density at radius 3 is 1.72 bits per heavy atom. The number of primary amides is 1. The summed E-state index contributed by atoms with van der Waals surface area (Å²) in [6.07, 6.45) is 1.19. The van der Waals surface area contributed by atoms with Crippen molar-refractivity contribution in [2.24, 2.45) is 44.6 Å². The van der Waals surface area contributed by atoms with Crippen LogP contribution in [0.2, 0.25) is 0 Å². The first kappa shape index (κ1) is 45.5. The molecule has 0 unspecified atom stereocenters. The van der Waals surface area contributed by atoms with Gasteiger partial charge in [0.15, 0.2) is 17.7 Å². The minimum absolute atomic E-state index is 0.108. The molecule has 14 N–H and O–H groups in total. The van der Waals surface area contributed by atoms with Crippen LogP contribution in [0.15, 0.2) is 94.7 Å². The zero-order chi connectivity index (χ0) is 42.8. The Balaban J connectivity index is 1.95. The fraction of sp³-hybridized carbons (Fsp3) is 0.325. The quantitative estimate of drug-likeness (QED) is 0.0322. The zero-order valence-corrected chi connectivity index (χ0v) is 32.3. The first-order valence-corrected chi connectivity index (χ1v) is 18.4. The number of aliphatic imine (C=N–C) groups is 2. The molecule has 0 aliphatic heterocycles. The van der Waals surface area contributed by atoms with Gasteiger partial charge in [-0.3, -0.25) is 29.0 Å². The molecule has 0 radical (unpaired) electrons. The average Bonchev–Trinajstić information content (AvgIpc) is 3.16. The lowest BCUT2D eigenvalue weighted by Gasteiger charge is -2.27. The molecule has 16 nitrogen and oxygen atoms in total. The Morgan fingerprint density at radius 2 is 1.19 bits per heavy atom. The van der Waals surface area contributed by atoms with E-state index in [1.54, 1.807) is 54.6 Å². The molecule has 0 heterocycles. The van der Waals surface area contributed by atoms with Crippen LogP contribution in [0.4, 0.5) is 14.5 Å². The highest BCUT2D eigenvalue weighted by atomic mass is 19.1. The fourth-order valence-corrected chi connectivity index (χ4v) is 5.66. The summed E-state index contributed by atoms with van der Waals surface area (Å²) < 4.78 is 28.9. The molecule has 0 fully saturated rings. The number of nitrogens with two attached hydrogens (primary N) is 5. The Labute approximate surface area is 335 Å². The number of carbonyl (C=O) groups is 5. The van der Waals surface area contributed by atoms with Crippen molar-refractivity contribution in [3.05, 3.63) is 107 Å². The number of carbonyl (C=O) groups excluding carboxylic acids is 5. The molecule has 18 heteroatoms. The van der Waals surface area contributed by atoms with Gasteiger partial charge in [0.05, 0.1) is 5.69 Å². The van der Waals surface area contributed by atoms with Crippen molar-refractivity contribution in [2.45, 2.75) is 70.1 Å². The van der Waals surface area contributed by atoms with Gasteiger partial charge < -0.3 is 49.9 Å². The number of benzene rings is 3. The average molecular weight is 804 g/mol. The van der Waals surface area contributed by atoms with Gasteiger partial charge in [-0.2, -0.15) is 0 Å². The minimum Gasteiger partial charge on any atom is -0.370 e. The molecule has 3 aromatic rings. The number of rotatable bonds is 21. The summed E-state index contributed by atoms with van der Waals surface area (Å²) in [5, 5.41) is 10.3. The lowest BCUT2D eigenvalue weighted by molar-refractivity contribution is -0.134. The summed E-state index contributed by atoms with van der Waals surface area (Å²) >= 11 is 0. The van der Waals surface area contributed by atoms with Gasteiger partial charge in [0.1, 0.15) is 30.0 Å². The highest BCUT2D eigenvalue weighted by molar-refractivity contribution is 6.00. The van der Waals surface area contributed by atoms with Crippen LogP contribution in [-0.4, -0.2) is 72.2 Å². The standard InChI is InChI=1S/C40H51F2N11O5/c1-23(2)19-31(36(56)50-30(34(43)54)9-6-18-48-39(44)45)52-38(58)33(22-26-12-16-28(17-13-26)49-40(46)47)53-37(57)32(21-25-10-14-27(41)15-11-25)51-35(55)29(42)20-24-7-4-3-5-8-24/h3-5,7-8,10-17,20,23,30-33H,6,9,18-19,21-22H2,1-2H3,(H2,43,54)(H,50,56)(H,51,55)(H,52,58)(H,53,57)(H4,44,45,48)(H4,46,47,49)/b29-20-/t30-,31-,32-,33-/m0/s1. The Morgan fingerprint density at radius 1 is 0.672 bits per heavy atom. The maximum absolute atomic E-state index is 15.2. The second-order valence-corrected chi connectivity index (χ2v) is 13.8. The van der Waals surface area contributed by atoms with Crippen molar-refractivity contribution < 1.29 is 32.8 Å². The second-order valence-electron chi connectivity index (χ2n) is 13.8. The number of nitrogens with zero attached hydrogens (tertiary/aromatic N) is 2. The van der Waals surface area contributed by atoms with Crippen LogP contribution >= 0.6 is 0 Å². The molecule has 0 bridgehead atoms. The molecule has 58 heavy (non-hydrogen) atoms. The van der Waals surface area contributed by atoms with E-state index < -0.39 is 65.3 Å². The Hall–Kier alpha value is -6.85. The van der Waals surface area contributed by atoms with Crippen molar-refractivity contribution in [3.8, 4) is 0 Å². The van der Waals surface area contributed by atoms with E-state index in [2.05, 4.69) is 31.3 Å². The van der Waals surface area contributed by atoms with Crippen LogP contribution in [0, 0.1) is 11.7 Å². The first-order valence-electron chi connectivity index (χ1n) is 18.4. The molecule has 4 atom stereocenters. The number of halogens is 2. The zero-order valence-electron chi connectivity index (χ0n) is 32.3. The molecular weight excluding hydrogens is 753 g/mol. The fourth-order valence-electron chi connectivity index (χ4n) is 5.66. The maximum Gasteiger partial charge on any atom is 0.280 e. The Kier molecular flexibility index (Phi) is 17.8. The van der Waals surface area contributed by atoms with Gasteiger partial charge in [0, 0.05) is 19.4 Å². The van der Waals surface area contributed by atoms with Crippen LogP contribution in [0.3, 0.4) is 0 Å². The third kappa shape index (κ3) is 16.1. The van der Waals surface area contributed by atoms with Crippen LogP contribution in [0.1, 0.15) is 49.8 Å². The number of guanidine groups is 2. The van der Waals surface area contributed by atoms with E-state index in [0.29, 0.717) is 28.8 Å². The first-order chi connectivity index (χ1) is 27.5. The summed E-state index contributed by atoms with van der Waals surface area (Å²) in [5.41, 5.74) is 29.0. The SMILES string of the molecule is CC(C)C[C@H](NC(=O)[C@H](Cc1ccc(N=C(N)N)cc1)NC(=O)[C@H](Cc1ccc(F)cc1)NC(=O)/C(F)=C/c1ccccc1)C(=O)N[C@@H](CCCN=C(N)N)C(N)=O. The molecule has 310 valence electrons. The molecule has 0 aromatic heterocycles. The molecule has 0 aliphatic carbocycles. The molecule has 3 rings (SSSR count). The second kappa shape index (κ2) is 22.6. The molecule has 3 aromatic carbocycles. The van der Waals surface area contributed by atoms with Gasteiger partial charge in [-0.1, -0.05) is 68.4 Å². The number of hydrogen-bond donors (Lipinski definition) is 9. The van der Waals surface area contributed by atoms with Gasteiger partial charge in [-0.15, -0.1) is 0 Å². The van der Waals surface area contributed by atoms with Crippen molar-refractivity contribution in [1.82, 2.24) is 21.3 Å². The predicted molar refractivity (Wildman–Crippen MR) is 218 cm³/mol. The van der Waals surface area contributed by atoms with Gasteiger partial charge >= 0.3 is 0 Å². The summed E-state index contributed by atoms with van der Waals surface area (Å²) in [6.45, 7) is 3.82. The molecule has 0 saturated carbocycles. The summed E-state index contributed by atoms with van der Waals surface area (Å²) in [5.74, 6) is -6.59. The van der Waals surface area contributed by atoms with Crippen molar-refractivity contribution in [1.29, 1.82) is 0 Å². The third-order valence-corrected chi connectivity index (χ3v) is 8.50. The number of nitrogens with one attached hydrogen (secondary N) is 4.